The van der Waals surface area contributed by atoms with Crippen molar-refractivity contribution in [3.8, 4) is 11.4 Å². The van der Waals surface area contributed by atoms with Gasteiger partial charge in [-0.3, -0.25) is 9.36 Å². The third kappa shape index (κ3) is 7.20. The maximum Gasteiger partial charge on any atom is 0.253 e. The average molecular weight is 515 g/mol. The number of nitrogens with zero attached hydrogens (tertiary/aromatic N) is 4. The van der Waals surface area contributed by atoms with E-state index in [2.05, 4.69) is 45.1 Å². The Labute approximate surface area is 221 Å². The molecule has 0 aliphatic rings. The maximum atomic E-state index is 12.7. The van der Waals surface area contributed by atoms with Crippen molar-refractivity contribution in [2.75, 3.05) is 11.9 Å². The van der Waals surface area contributed by atoms with Gasteiger partial charge in [-0.25, -0.2) is 5.43 Å². The van der Waals surface area contributed by atoms with Gasteiger partial charge in [0.15, 0.2) is 11.0 Å². The first-order chi connectivity index (χ1) is 18.0. The number of hydrazone groups is 1. The van der Waals surface area contributed by atoms with Crippen LogP contribution in [-0.2, 0) is 11.3 Å². The van der Waals surface area contributed by atoms with Crippen molar-refractivity contribution < 1.29 is 9.53 Å². The molecule has 1 atom stereocenters. The molecule has 3 aromatic carbocycles. The summed E-state index contributed by atoms with van der Waals surface area (Å²) in [5.74, 6) is 1.31. The molecule has 9 heteroatoms. The molecule has 0 saturated carbocycles. The highest BCUT2D eigenvalue weighted by Crippen LogP contribution is 2.26. The lowest BCUT2D eigenvalue weighted by Gasteiger charge is -2.13. The van der Waals surface area contributed by atoms with Gasteiger partial charge in [-0.1, -0.05) is 47.7 Å². The smallest absolute Gasteiger partial charge is 0.253 e. The zero-order chi connectivity index (χ0) is 26.0. The number of carbonyl (C=O) groups excluding carboxylic acids is 1. The molecule has 4 aromatic rings. The summed E-state index contributed by atoms with van der Waals surface area (Å²) < 4.78 is 7.41. The second kappa shape index (κ2) is 12.7. The standard InChI is InChI=1S/C28H30N6O2S/c1-4-36-25-16-12-22(13-17-25)18-30-32-27(35)21(3)37-28-33-31-26(34(28)24-8-6-5-7-9-24)19-29-23-14-10-20(2)11-15-23/h5-18,21,29H,4,19H2,1-3H3,(H,32,35)/b30-18-. The van der Waals surface area contributed by atoms with Crippen LogP contribution in [0.4, 0.5) is 5.69 Å². The molecule has 0 aliphatic heterocycles. The molecule has 0 radical (unpaired) electrons. The number of amides is 1. The Kier molecular flexibility index (Phi) is 8.93. The van der Waals surface area contributed by atoms with E-state index < -0.39 is 5.25 Å². The SMILES string of the molecule is CCOc1ccc(/C=N\NC(=O)C(C)Sc2nnc(CNc3ccc(C)cc3)n2-c2ccccc2)cc1. The van der Waals surface area contributed by atoms with Crippen LogP contribution in [0.15, 0.2) is 89.1 Å². The number of aromatic nitrogens is 3. The Morgan fingerprint density at radius 3 is 2.49 bits per heavy atom. The molecular formula is C28H30N6O2S. The highest BCUT2D eigenvalue weighted by Gasteiger charge is 2.21. The van der Waals surface area contributed by atoms with Crippen molar-refractivity contribution in [2.45, 2.75) is 37.7 Å². The molecule has 4 rings (SSSR count). The second-order valence-electron chi connectivity index (χ2n) is 8.29. The van der Waals surface area contributed by atoms with Gasteiger partial charge in [-0.15, -0.1) is 10.2 Å². The molecule has 1 aromatic heterocycles. The lowest BCUT2D eigenvalue weighted by Crippen LogP contribution is -2.27. The van der Waals surface area contributed by atoms with Crippen molar-refractivity contribution in [1.29, 1.82) is 0 Å². The number of carbonyl (C=O) groups is 1. The molecule has 2 N–H and O–H groups in total. The fraction of sp³-hybridized carbons (Fsp3) is 0.214. The first-order valence-corrected chi connectivity index (χ1v) is 12.9. The minimum absolute atomic E-state index is 0.228. The first kappa shape index (κ1) is 26.0. The summed E-state index contributed by atoms with van der Waals surface area (Å²) in [5.41, 5.74) is 6.61. The van der Waals surface area contributed by atoms with Crippen LogP contribution in [0.1, 0.15) is 30.8 Å². The summed E-state index contributed by atoms with van der Waals surface area (Å²) in [4.78, 5) is 12.7. The number of nitrogens with one attached hydrogen (secondary N) is 2. The molecule has 0 spiro atoms. The molecule has 0 saturated heterocycles. The van der Waals surface area contributed by atoms with Gasteiger partial charge in [0.25, 0.3) is 5.91 Å². The molecule has 1 unspecified atom stereocenters. The first-order valence-electron chi connectivity index (χ1n) is 12.1. The number of ether oxygens (including phenoxy) is 1. The van der Waals surface area contributed by atoms with Crippen LogP contribution in [-0.4, -0.2) is 38.7 Å². The van der Waals surface area contributed by atoms with Gasteiger partial charge in [0.2, 0.25) is 0 Å². The van der Waals surface area contributed by atoms with E-state index in [1.165, 1.54) is 17.3 Å². The lowest BCUT2D eigenvalue weighted by atomic mass is 10.2. The molecule has 37 heavy (non-hydrogen) atoms. The normalized spacial score (nSPS) is 11.9. The van der Waals surface area contributed by atoms with Crippen molar-refractivity contribution >= 4 is 29.6 Å². The van der Waals surface area contributed by atoms with E-state index in [1.807, 2.05) is 85.1 Å². The van der Waals surface area contributed by atoms with Crippen molar-refractivity contribution in [3.63, 3.8) is 0 Å². The third-order valence-corrected chi connectivity index (χ3v) is 6.49. The lowest BCUT2D eigenvalue weighted by molar-refractivity contribution is -0.120. The second-order valence-corrected chi connectivity index (χ2v) is 9.59. The molecule has 1 amide bonds. The Balaban J connectivity index is 1.43. The number of aryl methyl sites for hydroxylation is 1. The molecular weight excluding hydrogens is 484 g/mol. The summed E-state index contributed by atoms with van der Waals surface area (Å²) >= 11 is 1.33. The van der Waals surface area contributed by atoms with E-state index in [1.54, 1.807) is 6.21 Å². The predicted octanol–water partition coefficient (Wildman–Crippen LogP) is 5.22. The molecule has 0 fully saturated rings. The van der Waals surface area contributed by atoms with E-state index in [0.717, 1.165) is 28.5 Å². The van der Waals surface area contributed by atoms with Gasteiger partial charge in [0.05, 0.1) is 24.6 Å². The van der Waals surface area contributed by atoms with E-state index in [4.69, 9.17) is 4.74 Å². The van der Waals surface area contributed by atoms with Gasteiger partial charge in [-0.2, -0.15) is 5.10 Å². The maximum absolute atomic E-state index is 12.7. The van der Waals surface area contributed by atoms with Crippen LogP contribution < -0.4 is 15.5 Å². The fourth-order valence-corrected chi connectivity index (χ4v) is 4.35. The van der Waals surface area contributed by atoms with E-state index in [9.17, 15) is 4.79 Å². The van der Waals surface area contributed by atoms with Gasteiger partial charge in [0, 0.05) is 11.4 Å². The summed E-state index contributed by atoms with van der Waals surface area (Å²) in [5, 5.41) is 16.5. The molecule has 0 bridgehead atoms. The zero-order valence-electron chi connectivity index (χ0n) is 21.1. The van der Waals surface area contributed by atoms with Crippen LogP contribution >= 0.6 is 11.8 Å². The number of para-hydroxylation sites is 1. The molecule has 0 aliphatic carbocycles. The van der Waals surface area contributed by atoms with E-state index in [-0.39, 0.29) is 5.91 Å². The van der Waals surface area contributed by atoms with Crippen molar-refractivity contribution in [1.82, 2.24) is 20.2 Å². The Morgan fingerprint density at radius 2 is 1.78 bits per heavy atom. The Morgan fingerprint density at radius 1 is 1.05 bits per heavy atom. The topological polar surface area (TPSA) is 93.4 Å². The summed E-state index contributed by atoms with van der Waals surface area (Å²) in [6.45, 7) is 6.92. The quantitative estimate of drug-likeness (QED) is 0.162. The van der Waals surface area contributed by atoms with Gasteiger partial charge >= 0.3 is 0 Å². The van der Waals surface area contributed by atoms with Crippen LogP contribution in [0.2, 0.25) is 0 Å². The van der Waals surface area contributed by atoms with Gasteiger partial charge in [-0.05, 0) is 74.9 Å². The number of hydrogen-bond acceptors (Lipinski definition) is 7. The third-order valence-electron chi connectivity index (χ3n) is 5.45. The summed E-state index contributed by atoms with van der Waals surface area (Å²) in [7, 11) is 0. The number of hydrogen-bond donors (Lipinski definition) is 2. The minimum atomic E-state index is -0.443. The van der Waals surface area contributed by atoms with Crippen molar-refractivity contribution in [3.05, 3.63) is 95.8 Å². The molecule has 190 valence electrons. The van der Waals surface area contributed by atoms with Gasteiger partial charge < -0.3 is 10.1 Å². The summed E-state index contributed by atoms with van der Waals surface area (Å²) in [6, 6.07) is 25.6. The number of rotatable bonds is 11. The highest BCUT2D eigenvalue weighted by molar-refractivity contribution is 8.00. The average Bonchev–Trinajstić information content (AvgIpc) is 3.32. The van der Waals surface area contributed by atoms with Crippen LogP contribution in [0.5, 0.6) is 5.75 Å². The Hall–Kier alpha value is -4.11. The highest BCUT2D eigenvalue weighted by atomic mass is 32.2. The van der Waals surface area contributed by atoms with Crippen LogP contribution in [0, 0.1) is 6.92 Å². The fourth-order valence-electron chi connectivity index (χ4n) is 3.47. The predicted molar refractivity (Wildman–Crippen MR) is 149 cm³/mol. The zero-order valence-corrected chi connectivity index (χ0v) is 21.9. The molecule has 1 heterocycles. The van der Waals surface area contributed by atoms with Crippen LogP contribution in [0.25, 0.3) is 5.69 Å². The van der Waals surface area contributed by atoms with E-state index >= 15 is 0 Å². The van der Waals surface area contributed by atoms with Gasteiger partial charge in [0.1, 0.15) is 5.75 Å². The Bertz CT molecular complexity index is 1320. The van der Waals surface area contributed by atoms with Crippen LogP contribution in [0.3, 0.4) is 0 Å². The van der Waals surface area contributed by atoms with E-state index in [0.29, 0.717) is 18.3 Å². The minimum Gasteiger partial charge on any atom is -0.494 e. The molecule has 8 nitrogen and oxygen atoms in total. The monoisotopic (exact) mass is 514 g/mol. The summed E-state index contributed by atoms with van der Waals surface area (Å²) in [6.07, 6.45) is 1.60. The number of anilines is 1. The largest absolute Gasteiger partial charge is 0.494 e. The number of benzene rings is 3. The van der Waals surface area contributed by atoms with Crippen molar-refractivity contribution in [2.24, 2.45) is 5.10 Å². The number of thioether (sulfide) groups is 1.